The third-order valence-electron chi connectivity index (χ3n) is 3.88. The van der Waals surface area contributed by atoms with Crippen LogP contribution in [0.25, 0.3) is 0 Å². The lowest BCUT2D eigenvalue weighted by atomic mass is 10.1. The first-order chi connectivity index (χ1) is 11.6. The van der Waals surface area contributed by atoms with Gasteiger partial charge >= 0.3 is 0 Å². The summed E-state index contributed by atoms with van der Waals surface area (Å²) in [5.41, 5.74) is 0.526. The standard InChI is InChI=1S/C17H23BrN2O3S/c1-24-10-8-15(17(22)19-11-12-5-4-9-23-12)20-16(21)13-6-2-3-7-14(13)18/h2-3,6-7,12,15H,4-5,8-11H2,1H3,(H,19,22)(H,20,21)/t12-,15+/m0/s1. The van der Waals surface area contributed by atoms with E-state index in [1.807, 2.05) is 18.4 Å². The Hall–Kier alpha value is -1.05. The second-order valence-electron chi connectivity index (χ2n) is 5.67. The van der Waals surface area contributed by atoms with E-state index in [1.54, 1.807) is 23.9 Å². The maximum Gasteiger partial charge on any atom is 0.253 e. The van der Waals surface area contributed by atoms with E-state index in [0.717, 1.165) is 25.2 Å². The molecule has 132 valence electrons. The highest BCUT2D eigenvalue weighted by Crippen LogP contribution is 2.16. The molecule has 2 amide bonds. The Labute approximate surface area is 155 Å². The van der Waals surface area contributed by atoms with Crippen LogP contribution in [0, 0.1) is 0 Å². The van der Waals surface area contributed by atoms with Crippen LogP contribution < -0.4 is 10.6 Å². The molecule has 0 saturated carbocycles. The largest absolute Gasteiger partial charge is 0.376 e. The third kappa shape index (κ3) is 5.79. The zero-order valence-electron chi connectivity index (χ0n) is 13.7. The molecule has 0 spiro atoms. The minimum absolute atomic E-state index is 0.0918. The van der Waals surface area contributed by atoms with Crippen molar-refractivity contribution in [2.24, 2.45) is 0 Å². The first kappa shape index (κ1) is 19.3. The smallest absolute Gasteiger partial charge is 0.253 e. The number of nitrogens with one attached hydrogen (secondary N) is 2. The Morgan fingerprint density at radius 3 is 2.88 bits per heavy atom. The fraction of sp³-hybridized carbons (Fsp3) is 0.529. The zero-order valence-corrected chi connectivity index (χ0v) is 16.1. The fourth-order valence-corrected chi connectivity index (χ4v) is 3.47. The second kappa shape index (κ2) is 10.1. The number of rotatable bonds is 8. The van der Waals surface area contributed by atoms with E-state index in [0.29, 0.717) is 23.0 Å². The van der Waals surface area contributed by atoms with Crippen molar-refractivity contribution in [3.63, 3.8) is 0 Å². The van der Waals surface area contributed by atoms with E-state index in [9.17, 15) is 9.59 Å². The van der Waals surface area contributed by atoms with Crippen molar-refractivity contribution in [2.45, 2.75) is 31.4 Å². The molecule has 0 aliphatic carbocycles. The topological polar surface area (TPSA) is 67.4 Å². The van der Waals surface area contributed by atoms with Crippen LogP contribution in [0.15, 0.2) is 28.7 Å². The van der Waals surface area contributed by atoms with Gasteiger partial charge in [0.1, 0.15) is 6.04 Å². The van der Waals surface area contributed by atoms with E-state index in [4.69, 9.17) is 4.74 Å². The molecule has 0 aromatic heterocycles. The van der Waals surface area contributed by atoms with Crippen LogP contribution in [-0.4, -0.2) is 49.1 Å². The molecule has 5 nitrogen and oxygen atoms in total. The van der Waals surface area contributed by atoms with Crippen LogP contribution >= 0.6 is 27.7 Å². The maximum atomic E-state index is 12.5. The summed E-state index contributed by atoms with van der Waals surface area (Å²) < 4.78 is 6.23. The molecule has 1 aromatic rings. The normalized spacial score (nSPS) is 18.2. The molecule has 2 atom stereocenters. The van der Waals surface area contributed by atoms with Crippen molar-refractivity contribution < 1.29 is 14.3 Å². The van der Waals surface area contributed by atoms with Gasteiger partial charge in [-0.2, -0.15) is 11.8 Å². The van der Waals surface area contributed by atoms with Gasteiger partial charge in [-0.25, -0.2) is 0 Å². The lowest BCUT2D eigenvalue weighted by Crippen LogP contribution is -2.48. The van der Waals surface area contributed by atoms with Crippen LogP contribution in [0.5, 0.6) is 0 Å². The molecule has 0 unspecified atom stereocenters. The molecule has 7 heteroatoms. The molecule has 1 heterocycles. The average Bonchev–Trinajstić information content (AvgIpc) is 3.10. The number of amides is 2. The summed E-state index contributed by atoms with van der Waals surface area (Å²) in [4.78, 5) is 24.9. The van der Waals surface area contributed by atoms with Crippen molar-refractivity contribution in [1.82, 2.24) is 10.6 Å². The number of carbonyl (C=O) groups excluding carboxylic acids is 2. The Morgan fingerprint density at radius 1 is 1.42 bits per heavy atom. The number of hydrogen-bond acceptors (Lipinski definition) is 4. The van der Waals surface area contributed by atoms with Gasteiger partial charge in [0.05, 0.1) is 11.7 Å². The van der Waals surface area contributed by atoms with Crippen LogP contribution in [0.3, 0.4) is 0 Å². The molecule has 1 aliphatic heterocycles. The van der Waals surface area contributed by atoms with Crippen molar-refractivity contribution in [3.05, 3.63) is 34.3 Å². The summed E-state index contributed by atoms with van der Waals surface area (Å²) in [6, 6.07) is 6.64. The first-order valence-electron chi connectivity index (χ1n) is 8.05. The van der Waals surface area contributed by atoms with Crippen LogP contribution in [0.1, 0.15) is 29.6 Å². The molecule has 0 radical (unpaired) electrons. The number of benzene rings is 1. The first-order valence-corrected chi connectivity index (χ1v) is 10.2. The minimum Gasteiger partial charge on any atom is -0.376 e. The van der Waals surface area contributed by atoms with Gasteiger partial charge in [0.25, 0.3) is 5.91 Å². The predicted octanol–water partition coefficient (Wildman–Crippen LogP) is 2.60. The number of ether oxygens (including phenoxy) is 1. The van der Waals surface area contributed by atoms with Crippen LogP contribution in [0.2, 0.25) is 0 Å². The molecule has 1 aliphatic rings. The SMILES string of the molecule is CSCC[C@@H](NC(=O)c1ccccc1Br)C(=O)NC[C@@H]1CCCO1. The average molecular weight is 415 g/mol. The van der Waals surface area contributed by atoms with Gasteiger partial charge < -0.3 is 15.4 Å². The van der Waals surface area contributed by atoms with Gasteiger partial charge in [-0.3, -0.25) is 9.59 Å². The highest BCUT2D eigenvalue weighted by Gasteiger charge is 2.23. The van der Waals surface area contributed by atoms with Crippen molar-refractivity contribution in [3.8, 4) is 0 Å². The summed E-state index contributed by atoms with van der Waals surface area (Å²) in [6.07, 6.45) is 4.68. The second-order valence-corrected chi connectivity index (χ2v) is 7.51. The monoisotopic (exact) mass is 414 g/mol. The maximum absolute atomic E-state index is 12.5. The summed E-state index contributed by atoms with van der Waals surface area (Å²) in [7, 11) is 0. The molecule has 1 aromatic carbocycles. The third-order valence-corrected chi connectivity index (χ3v) is 5.21. The molecule has 24 heavy (non-hydrogen) atoms. The lowest BCUT2D eigenvalue weighted by Gasteiger charge is -2.20. The van der Waals surface area contributed by atoms with Gasteiger partial charge in [-0.15, -0.1) is 0 Å². The summed E-state index contributed by atoms with van der Waals surface area (Å²) >= 11 is 5.02. The molecule has 1 fully saturated rings. The number of carbonyl (C=O) groups is 2. The van der Waals surface area contributed by atoms with E-state index < -0.39 is 6.04 Å². The number of hydrogen-bond donors (Lipinski definition) is 2. The number of halogens is 1. The van der Waals surface area contributed by atoms with Gasteiger partial charge in [-0.05, 0) is 59.3 Å². The Balaban J connectivity index is 1.94. The highest BCUT2D eigenvalue weighted by molar-refractivity contribution is 9.10. The molecular weight excluding hydrogens is 392 g/mol. The minimum atomic E-state index is -0.543. The Kier molecular flexibility index (Phi) is 8.08. The predicted molar refractivity (Wildman–Crippen MR) is 100 cm³/mol. The molecular formula is C17H23BrN2O3S. The van der Waals surface area contributed by atoms with Gasteiger partial charge in [0.15, 0.2) is 0 Å². The van der Waals surface area contributed by atoms with Gasteiger partial charge in [0.2, 0.25) is 5.91 Å². The van der Waals surface area contributed by atoms with Crippen LogP contribution in [0.4, 0.5) is 0 Å². The summed E-state index contributed by atoms with van der Waals surface area (Å²) in [6.45, 7) is 1.26. The fourth-order valence-electron chi connectivity index (χ4n) is 2.53. The van der Waals surface area contributed by atoms with E-state index in [2.05, 4.69) is 26.6 Å². The zero-order chi connectivity index (χ0) is 17.4. The molecule has 0 bridgehead atoms. The highest BCUT2D eigenvalue weighted by atomic mass is 79.9. The van der Waals surface area contributed by atoms with E-state index in [-0.39, 0.29) is 17.9 Å². The Morgan fingerprint density at radius 2 is 2.21 bits per heavy atom. The lowest BCUT2D eigenvalue weighted by molar-refractivity contribution is -0.123. The summed E-state index contributed by atoms with van der Waals surface area (Å²) in [5.74, 6) is 0.398. The van der Waals surface area contributed by atoms with Crippen molar-refractivity contribution in [1.29, 1.82) is 0 Å². The van der Waals surface area contributed by atoms with Gasteiger partial charge in [-0.1, -0.05) is 12.1 Å². The summed E-state index contributed by atoms with van der Waals surface area (Å²) in [5, 5.41) is 5.75. The molecule has 1 saturated heterocycles. The van der Waals surface area contributed by atoms with Crippen molar-refractivity contribution >= 4 is 39.5 Å². The van der Waals surface area contributed by atoms with E-state index >= 15 is 0 Å². The number of thioether (sulfide) groups is 1. The van der Waals surface area contributed by atoms with Crippen LogP contribution in [-0.2, 0) is 9.53 Å². The van der Waals surface area contributed by atoms with E-state index in [1.165, 1.54) is 0 Å². The Bertz CT molecular complexity index is 565. The molecule has 2 N–H and O–H groups in total. The van der Waals surface area contributed by atoms with Crippen molar-refractivity contribution in [2.75, 3.05) is 25.2 Å². The molecule has 2 rings (SSSR count). The quantitative estimate of drug-likeness (QED) is 0.685. The van der Waals surface area contributed by atoms with Gasteiger partial charge in [0, 0.05) is 17.6 Å².